The van der Waals surface area contributed by atoms with Crippen molar-refractivity contribution in [2.24, 2.45) is 4.99 Å². The maximum absolute atomic E-state index is 10.5. The SMILES string of the molecule is CCCN1CCC(NC(=NCC2(O)CCOCC2)NCC)CC1. The van der Waals surface area contributed by atoms with Gasteiger partial charge in [0.1, 0.15) is 0 Å². The predicted octanol–water partition coefficient (Wildman–Crippen LogP) is 0.957. The van der Waals surface area contributed by atoms with Gasteiger partial charge in [-0.2, -0.15) is 0 Å². The molecule has 2 aliphatic heterocycles. The van der Waals surface area contributed by atoms with Crippen molar-refractivity contribution in [1.29, 1.82) is 0 Å². The lowest BCUT2D eigenvalue weighted by Crippen LogP contribution is -2.49. The summed E-state index contributed by atoms with van der Waals surface area (Å²) in [6, 6.07) is 0.477. The van der Waals surface area contributed by atoms with Crippen LogP contribution in [0.15, 0.2) is 4.99 Å². The van der Waals surface area contributed by atoms with Gasteiger partial charge in [-0.3, -0.25) is 4.99 Å². The lowest BCUT2D eigenvalue weighted by atomic mass is 9.95. The molecule has 134 valence electrons. The molecule has 0 aromatic heterocycles. The number of guanidine groups is 1. The van der Waals surface area contributed by atoms with Crippen LogP contribution in [-0.4, -0.2) is 73.5 Å². The molecule has 6 nitrogen and oxygen atoms in total. The Bertz CT molecular complexity index is 362. The van der Waals surface area contributed by atoms with Crippen LogP contribution in [0, 0.1) is 0 Å². The zero-order valence-electron chi connectivity index (χ0n) is 14.8. The van der Waals surface area contributed by atoms with E-state index in [2.05, 4.69) is 34.4 Å². The van der Waals surface area contributed by atoms with Crippen LogP contribution in [0.25, 0.3) is 0 Å². The van der Waals surface area contributed by atoms with Gasteiger partial charge in [0.2, 0.25) is 0 Å². The largest absolute Gasteiger partial charge is 0.388 e. The molecule has 0 spiro atoms. The van der Waals surface area contributed by atoms with Crippen LogP contribution in [0.5, 0.6) is 0 Å². The quantitative estimate of drug-likeness (QED) is 0.501. The van der Waals surface area contributed by atoms with Gasteiger partial charge in [0.25, 0.3) is 0 Å². The molecule has 3 N–H and O–H groups in total. The number of ether oxygens (including phenoxy) is 1. The van der Waals surface area contributed by atoms with E-state index >= 15 is 0 Å². The first-order valence-electron chi connectivity index (χ1n) is 9.22. The van der Waals surface area contributed by atoms with Gasteiger partial charge < -0.3 is 25.4 Å². The highest BCUT2D eigenvalue weighted by Crippen LogP contribution is 2.20. The summed E-state index contributed by atoms with van der Waals surface area (Å²) in [5.41, 5.74) is -0.703. The van der Waals surface area contributed by atoms with Gasteiger partial charge in [0.15, 0.2) is 5.96 Å². The second-order valence-electron chi connectivity index (χ2n) is 6.79. The fraction of sp³-hybridized carbons (Fsp3) is 0.941. The zero-order chi connectivity index (χ0) is 16.5. The molecule has 2 aliphatic rings. The van der Waals surface area contributed by atoms with Crippen LogP contribution in [-0.2, 0) is 4.74 Å². The third-order valence-corrected chi connectivity index (χ3v) is 4.77. The molecule has 0 amide bonds. The minimum Gasteiger partial charge on any atom is -0.388 e. The van der Waals surface area contributed by atoms with Crippen LogP contribution in [0.2, 0.25) is 0 Å². The van der Waals surface area contributed by atoms with Gasteiger partial charge in [-0.25, -0.2) is 0 Å². The van der Waals surface area contributed by atoms with Crippen LogP contribution in [0.1, 0.15) is 46.0 Å². The van der Waals surface area contributed by atoms with Crippen molar-refractivity contribution in [2.45, 2.75) is 57.6 Å². The first-order valence-corrected chi connectivity index (χ1v) is 9.22. The van der Waals surface area contributed by atoms with E-state index in [1.807, 2.05) is 0 Å². The smallest absolute Gasteiger partial charge is 0.191 e. The first kappa shape index (κ1) is 18.5. The summed E-state index contributed by atoms with van der Waals surface area (Å²) >= 11 is 0. The van der Waals surface area contributed by atoms with Crippen molar-refractivity contribution in [3.05, 3.63) is 0 Å². The molecule has 0 unspecified atom stereocenters. The Morgan fingerprint density at radius 2 is 1.96 bits per heavy atom. The van der Waals surface area contributed by atoms with E-state index in [0.717, 1.165) is 38.4 Å². The molecule has 0 bridgehead atoms. The van der Waals surface area contributed by atoms with Gasteiger partial charge >= 0.3 is 0 Å². The van der Waals surface area contributed by atoms with Crippen LogP contribution in [0.4, 0.5) is 0 Å². The summed E-state index contributed by atoms with van der Waals surface area (Å²) < 4.78 is 5.33. The molecular weight excluding hydrogens is 292 g/mol. The number of nitrogens with zero attached hydrogens (tertiary/aromatic N) is 2. The standard InChI is InChI=1S/C17H34N4O2/c1-3-9-21-10-5-15(6-11-21)20-16(18-4-2)19-14-17(22)7-12-23-13-8-17/h15,22H,3-14H2,1-2H3,(H2,18,19,20). The maximum Gasteiger partial charge on any atom is 0.191 e. The molecule has 2 rings (SSSR count). The monoisotopic (exact) mass is 326 g/mol. The van der Waals surface area contributed by atoms with Crippen LogP contribution >= 0.6 is 0 Å². The Morgan fingerprint density at radius 3 is 2.57 bits per heavy atom. The van der Waals surface area contributed by atoms with Gasteiger partial charge in [0, 0.05) is 51.7 Å². The summed E-state index contributed by atoms with van der Waals surface area (Å²) in [4.78, 5) is 7.17. The summed E-state index contributed by atoms with van der Waals surface area (Å²) in [5.74, 6) is 0.835. The molecule has 2 saturated heterocycles. The molecule has 6 heteroatoms. The molecule has 0 atom stereocenters. The molecule has 0 saturated carbocycles. The Kier molecular flexibility index (Phi) is 7.59. The number of aliphatic imine (C=N–C) groups is 1. The van der Waals surface area contributed by atoms with Crippen molar-refractivity contribution in [1.82, 2.24) is 15.5 Å². The highest BCUT2D eigenvalue weighted by atomic mass is 16.5. The third kappa shape index (κ3) is 6.28. The van der Waals surface area contributed by atoms with Gasteiger partial charge in [-0.05, 0) is 32.7 Å². The van der Waals surface area contributed by atoms with E-state index in [4.69, 9.17) is 4.74 Å². The highest BCUT2D eigenvalue weighted by Gasteiger charge is 2.29. The zero-order valence-corrected chi connectivity index (χ0v) is 14.8. The summed E-state index contributed by atoms with van der Waals surface area (Å²) in [7, 11) is 0. The van der Waals surface area contributed by atoms with Crippen molar-refractivity contribution >= 4 is 5.96 Å². The lowest BCUT2D eigenvalue weighted by molar-refractivity contribution is -0.0566. The van der Waals surface area contributed by atoms with E-state index in [-0.39, 0.29) is 0 Å². The summed E-state index contributed by atoms with van der Waals surface area (Å²) in [6.07, 6.45) is 4.88. The van der Waals surface area contributed by atoms with E-state index in [0.29, 0.717) is 38.6 Å². The summed E-state index contributed by atoms with van der Waals surface area (Å²) in [5, 5.41) is 17.4. The Hall–Kier alpha value is -0.850. The fourth-order valence-corrected chi connectivity index (χ4v) is 3.27. The number of hydrogen-bond donors (Lipinski definition) is 3. The highest BCUT2D eigenvalue weighted by molar-refractivity contribution is 5.80. The van der Waals surface area contributed by atoms with Crippen molar-refractivity contribution in [3.63, 3.8) is 0 Å². The minimum atomic E-state index is -0.703. The van der Waals surface area contributed by atoms with Crippen molar-refractivity contribution in [2.75, 3.05) is 45.9 Å². The third-order valence-electron chi connectivity index (χ3n) is 4.77. The molecule has 0 radical (unpaired) electrons. The molecule has 23 heavy (non-hydrogen) atoms. The van der Waals surface area contributed by atoms with Crippen molar-refractivity contribution in [3.8, 4) is 0 Å². The maximum atomic E-state index is 10.5. The predicted molar refractivity (Wildman–Crippen MR) is 93.9 cm³/mol. The number of likely N-dealkylation sites (tertiary alicyclic amines) is 1. The number of hydrogen-bond acceptors (Lipinski definition) is 4. The van der Waals surface area contributed by atoms with E-state index in [1.165, 1.54) is 13.0 Å². The van der Waals surface area contributed by atoms with E-state index < -0.39 is 5.60 Å². The van der Waals surface area contributed by atoms with Gasteiger partial charge in [0.05, 0.1) is 12.1 Å². The number of piperidine rings is 1. The average Bonchev–Trinajstić information content (AvgIpc) is 2.56. The van der Waals surface area contributed by atoms with Crippen LogP contribution < -0.4 is 10.6 Å². The van der Waals surface area contributed by atoms with Crippen LogP contribution in [0.3, 0.4) is 0 Å². The first-order chi connectivity index (χ1) is 11.1. The van der Waals surface area contributed by atoms with E-state index in [1.54, 1.807) is 0 Å². The molecule has 0 aromatic carbocycles. The molecule has 0 aromatic rings. The minimum absolute atomic E-state index is 0.445. The second-order valence-corrected chi connectivity index (χ2v) is 6.79. The molecule has 2 heterocycles. The molecule has 0 aliphatic carbocycles. The molecule has 2 fully saturated rings. The summed E-state index contributed by atoms with van der Waals surface area (Å²) in [6.45, 7) is 10.4. The molecular formula is C17H34N4O2. The number of rotatable bonds is 6. The lowest BCUT2D eigenvalue weighted by Gasteiger charge is -2.33. The topological polar surface area (TPSA) is 69.1 Å². The Morgan fingerprint density at radius 1 is 1.26 bits per heavy atom. The Balaban J connectivity index is 1.82. The van der Waals surface area contributed by atoms with Gasteiger partial charge in [-0.15, -0.1) is 0 Å². The normalized spacial score (nSPS) is 23.7. The van der Waals surface area contributed by atoms with E-state index in [9.17, 15) is 5.11 Å². The van der Waals surface area contributed by atoms with Gasteiger partial charge in [-0.1, -0.05) is 6.92 Å². The second kappa shape index (κ2) is 9.45. The average molecular weight is 326 g/mol. The Labute approximate surface area is 140 Å². The number of aliphatic hydroxyl groups is 1. The number of nitrogens with one attached hydrogen (secondary N) is 2. The van der Waals surface area contributed by atoms with Crippen molar-refractivity contribution < 1.29 is 9.84 Å². The fourth-order valence-electron chi connectivity index (χ4n) is 3.27.